The second-order valence-electron chi connectivity index (χ2n) is 6.63. The first kappa shape index (κ1) is 28.3. The van der Waals surface area contributed by atoms with Crippen LogP contribution in [-0.2, 0) is 13.0 Å². The number of hydrogen-bond acceptors (Lipinski definition) is 7. The van der Waals surface area contributed by atoms with Crippen LogP contribution in [0, 0.1) is 0 Å². The van der Waals surface area contributed by atoms with Gasteiger partial charge in [0.2, 0.25) is 11.5 Å². The van der Waals surface area contributed by atoms with Crippen LogP contribution in [0.3, 0.4) is 0 Å². The van der Waals surface area contributed by atoms with Gasteiger partial charge in [-0.2, -0.15) is 0 Å². The number of rotatable bonds is 11. The van der Waals surface area contributed by atoms with E-state index >= 15 is 0 Å². The lowest BCUT2D eigenvalue weighted by molar-refractivity contribution is 0.322. The zero-order valence-electron chi connectivity index (χ0n) is 20.2. The molecule has 0 aromatic heterocycles. The van der Waals surface area contributed by atoms with Crippen molar-refractivity contribution in [3.8, 4) is 34.5 Å². The summed E-state index contributed by atoms with van der Waals surface area (Å²) >= 11 is 0. The number of hydrogen-bond donors (Lipinski definition) is 2. The maximum atomic E-state index is 5.55. The molecule has 0 aliphatic heterocycles. The van der Waals surface area contributed by atoms with Gasteiger partial charge in [-0.05, 0) is 30.2 Å². The molecule has 0 aliphatic carbocycles. The average molecular weight is 575 g/mol. The van der Waals surface area contributed by atoms with E-state index in [9.17, 15) is 0 Å². The van der Waals surface area contributed by atoms with Gasteiger partial charge in [0, 0.05) is 25.7 Å². The van der Waals surface area contributed by atoms with E-state index in [2.05, 4.69) is 15.6 Å². The summed E-state index contributed by atoms with van der Waals surface area (Å²) < 4.78 is 32.5. The fourth-order valence-electron chi connectivity index (χ4n) is 3.32. The smallest absolute Gasteiger partial charge is 0.203 e. The Morgan fingerprint density at radius 2 is 1.30 bits per heavy atom. The highest BCUT2D eigenvalue weighted by atomic mass is 127. The largest absolute Gasteiger partial charge is 0.493 e. The van der Waals surface area contributed by atoms with Gasteiger partial charge < -0.3 is 39.1 Å². The summed E-state index contributed by atoms with van der Waals surface area (Å²) in [6.45, 7) is 1.16. The van der Waals surface area contributed by atoms with Crippen molar-refractivity contribution in [3.63, 3.8) is 0 Å². The van der Waals surface area contributed by atoms with Crippen LogP contribution in [0.1, 0.15) is 11.1 Å². The maximum absolute atomic E-state index is 5.55. The first-order valence-corrected chi connectivity index (χ1v) is 10.1. The fourth-order valence-corrected chi connectivity index (χ4v) is 3.32. The molecule has 0 spiro atoms. The Morgan fingerprint density at radius 3 is 1.79 bits per heavy atom. The van der Waals surface area contributed by atoms with Gasteiger partial charge in [0.15, 0.2) is 29.0 Å². The van der Waals surface area contributed by atoms with E-state index in [1.54, 1.807) is 49.7 Å². The number of aliphatic imine (C=N–C) groups is 1. The van der Waals surface area contributed by atoms with Crippen molar-refractivity contribution in [1.29, 1.82) is 0 Å². The predicted molar refractivity (Wildman–Crippen MR) is 140 cm³/mol. The van der Waals surface area contributed by atoms with Crippen LogP contribution < -0.4 is 39.1 Å². The van der Waals surface area contributed by atoms with Gasteiger partial charge in [-0.15, -0.1) is 24.0 Å². The molecule has 0 heterocycles. The highest BCUT2D eigenvalue weighted by Gasteiger charge is 2.16. The molecule has 0 saturated carbocycles. The number of methoxy groups -OCH3 is 6. The van der Waals surface area contributed by atoms with Crippen molar-refractivity contribution < 1.29 is 28.4 Å². The summed E-state index contributed by atoms with van der Waals surface area (Å²) in [6.07, 6.45) is 0.703. The molecule has 0 atom stereocenters. The number of ether oxygens (including phenoxy) is 6. The second kappa shape index (κ2) is 14.4. The molecule has 0 fully saturated rings. The van der Waals surface area contributed by atoms with Crippen molar-refractivity contribution >= 4 is 29.9 Å². The number of nitrogens with one attached hydrogen (secondary N) is 2. The van der Waals surface area contributed by atoms with E-state index in [-0.39, 0.29) is 24.0 Å². The predicted octanol–water partition coefficient (Wildman–Crippen LogP) is 3.26. The van der Waals surface area contributed by atoms with E-state index in [4.69, 9.17) is 28.4 Å². The molecule has 0 bridgehead atoms. The Labute approximate surface area is 212 Å². The van der Waals surface area contributed by atoms with Crippen LogP contribution in [0.2, 0.25) is 0 Å². The van der Waals surface area contributed by atoms with Crippen molar-refractivity contribution in [2.75, 3.05) is 56.3 Å². The van der Waals surface area contributed by atoms with Gasteiger partial charge in [-0.3, -0.25) is 4.99 Å². The topological polar surface area (TPSA) is 91.8 Å². The lowest BCUT2D eigenvalue weighted by Crippen LogP contribution is -2.37. The molecule has 184 valence electrons. The van der Waals surface area contributed by atoms with E-state index in [0.717, 1.165) is 11.1 Å². The van der Waals surface area contributed by atoms with Gasteiger partial charge in [0.1, 0.15) is 0 Å². The minimum Gasteiger partial charge on any atom is -0.493 e. The fraction of sp³-hybridized carbons (Fsp3) is 0.435. The average Bonchev–Trinajstić information content (AvgIpc) is 2.84. The highest BCUT2D eigenvalue weighted by Crippen LogP contribution is 2.40. The highest BCUT2D eigenvalue weighted by molar-refractivity contribution is 14.0. The third-order valence-electron chi connectivity index (χ3n) is 4.88. The van der Waals surface area contributed by atoms with E-state index < -0.39 is 0 Å². The Hall–Kier alpha value is -2.76. The number of guanidine groups is 1. The van der Waals surface area contributed by atoms with Crippen LogP contribution in [0.25, 0.3) is 0 Å². The molecule has 0 saturated heterocycles. The monoisotopic (exact) mass is 575 g/mol. The molecule has 2 aromatic carbocycles. The molecular weight excluding hydrogens is 541 g/mol. The molecule has 33 heavy (non-hydrogen) atoms. The molecule has 0 unspecified atom stereocenters. The summed E-state index contributed by atoms with van der Waals surface area (Å²) in [5, 5.41) is 6.60. The molecule has 2 rings (SSSR count). The van der Waals surface area contributed by atoms with Crippen LogP contribution in [0.5, 0.6) is 34.5 Å². The van der Waals surface area contributed by atoms with Crippen molar-refractivity contribution in [2.45, 2.75) is 13.0 Å². The van der Waals surface area contributed by atoms with E-state index in [0.29, 0.717) is 60.0 Å². The van der Waals surface area contributed by atoms with Gasteiger partial charge in [0.25, 0.3) is 0 Å². The Kier molecular flexibility index (Phi) is 12.3. The maximum Gasteiger partial charge on any atom is 0.203 e. The first-order valence-electron chi connectivity index (χ1n) is 10.1. The molecule has 9 nitrogen and oxygen atoms in total. The summed E-state index contributed by atoms with van der Waals surface area (Å²) in [5.41, 5.74) is 1.96. The molecule has 0 aliphatic rings. The lowest BCUT2D eigenvalue weighted by Gasteiger charge is -2.17. The van der Waals surface area contributed by atoms with Gasteiger partial charge in [0.05, 0.1) is 42.7 Å². The third-order valence-corrected chi connectivity index (χ3v) is 4.88. The molecule has 2 N–H and O–H groups in total. The first-order chi connectivity index (χ1) is 15.6. The minimum absolute atomic E-state index is 0. The molecule has 0 radical (unpaired) electrons. The number of benzene rings is 2. The minimum atomic E-state index is 0. The van der Waals surface area contributed by atoms with Crippen molar-refractivity contribution in [1.82, 2.24) is 10.6 Å². The van der Waals surface area contributed by atoms with Crippen molar-refractivity contribution in [3.05, 3.63) is 35.4 Å². The summed E-state index contributed by atoms with van der Waals surface area (Å²) in [7, 11) is 11.3. The van der Waals surface area contributed by atoms with Crippen LogP contribution >= 0.6 is 24.0 Å². The standard InChI is InChI=1S/C23H33N3O6.HI/c1-24-23(26-14-15-12-18(28-3)21(31-6)19(13-15)29-4)25-11-10-16-8-9-17(27-2)22(32-7)20(16)30-5;/h8-9,12-13H,10-11,14H2,1-7H3,(H2,24,25,26);1H. The summed E-state index contributed by atoms with van der Waals surface area (Å²) in [6, 6.07) is 7.63. The molecule has 10 heteroatoms. The molecule has 0 amide bonds. The van der Waals surface area contributed by atoms with E-state index in [1.165, 1.54) is 0 Å². The zero-order valence-corrected chi connectivity index (χ0v) is 22.6. The van der Waals surface area contributed by atoms with Gasteiger partial charge in [-0.1, -0.05) is 6.07 Å². The SMILES string of the molecule is CN=C(NCCc1ccc(OC)c(OC)c1OC)NCc1cc(OC)c(OC)c(OC)c1.I. The molecule has 2 aromatic rings. The number of nitrogens with zero attached hydrogens (tertiary/aromatic N) is 1. The van der Waals surface area contributed by atoms with E-state index in [1.807, 2.05) is 24.3 Å². The number of halogens is 1. The summed E-state index contributed by atoms with van der Waals surface area (Å²) in [5.74, 6) is 4.30. The second-order valence-corrected chi connectivity index (χ2v) is 6.63. The Morgan fingerprint density at radius 1 is 0.727 bits per heavy atom. The Balaban J connectivity index is 0.00000544. The van der Waals surface area contributed by atoms with Crippen LogP contribution in [-0.4, -0.2) is 62.2 Å². The van der Waals surface area contributed by atoms with Crippen LogP contribution in [0.15, 0.2) is 29.3 Å². The quantitative estimate of drug-likeness (QED) is 0.240. The Bertz CT molecular complexity index is 898. The molecular formula is C23H34IN3O6. The third kappa shape index (κ3) is 7.11. The zero-order chi connectivity index (χ0) is 23.5. The van der Waals surface area contributed by atoms with Gasteiger partial charge >= 0.3 is 0 Å². The lowest BCUT2D eigenvalue weighted by atomic mass is 10.1. The van der Waals surface area contributed by atoms with Crippen LogP contribution in [0.4, 0.5) is 0 Å². The summed E-state index contributed by atoms with van der Waals surface area (Å²) in [4.78, 5) is 4.29. The van der Waals surface area contributed by atoms with Gasteiger partial charge in [-0.25, -0.2) is 0 Å². The normalized spacial score (nSPS) is 10.6. The van der Waals surface area contributed by atoms with Crippen molar-refractivity contribution in [2.24, 2.45) is 4.99 Å².